The summed E-state index contributed by atoms with van der Waals surface area (Å²) in [6.07, 6.45) is 1.45. The Morgan fingerprint density at radius 3 is 1.93 bits per heavy atom. The number of nitrogens with zero attached hydrogens (tertiary/aromatic N) is 1. The molecule has 2 N–H and O–H groups in total. The first-order chi connectivity index (χ1) is 6.95. The topological polar surface area (TPSA) is 105 Å². The molecule has 0 saturated carbocycles. The molecule has 0 spiro atoms. The van der Waals surface area contributed by atoms with E-state index < -0.39 is 17.7 Å². The van der Waals surface area contributed by atoms with Crippen molar-refractivity contribution in [3.05, 3.63) is 30.1 Å². The molecule has 0 bridgehead atoms. The van der Waals surface area contributed by atoms with E-state index in [0.29, 0.717) is 0 Å². The lowest BCUT2D eigenvalue weighted by atomic mass is 10.4. The van der Waals surface area contributed by atoms with E-state index in [1.807, 2.05) is 0 Å². The average molecular weight is 211 g/mol. The Morgan fingerprint density at radius 2 is 1.73 bits per heavy atom. The van der Waals surface area contributed by atoms with Crippen LogP contribution in [0, 0.1) is 0 Å². The van der Waals surface area contributed by atoms with Crippen LogP contribution in [0.5, 0.6) is 0 Å². The molecule has 1 aromatic rings. The summed E-state index contributed by atoms with van der Waals surface area (Å²) >= 11 is 0. The summed E-state index contributed by atoms with van der Waals surface area (Å²) in [7, 11) is 0. The van der Waals surface area contributed by atoms with E-state index in [1.54, 1.807) is 12.1 Å². The van der Waals surface area contributed by atoms with E-state index >= 15 is 0 Å². The molecule has 1 rings (SSSR count). The number of hydrogen-bond donors (Lipinski definition) is 2. The molecule has 0 radical (unpaired) electrons. The second kappa shape index (κ2) is 6.25. The predicted octanol–water partition coefficient (Wildman–Crippen LogP) is 0.440. The number of aliphatic carboxylic acids is 1. The molecule has 6 heteroatoms. The molecular weight excluding hydrogens is 202 g/mol. The number of hydrogen-bond acceptors (Lipinski definition) is 4. The van der Waals surface area contributed by atoms with Gasteiger partial charge in [0.15, 0.2) is 0 Å². The zero-order valence-electron chi connectivity index (χ0n) is 7.88. The van der Waals surface area contributed by atoms with Crippen molar-refractivity contribution in [1.82, 2.24) is 4.98 Å². The molecule has 0 aromatic carbocycles. The highest BCUT2D eigenvalue weighted by atomic mass is 16.4. The number of ketones is 1. The summed E-state index contributed by atoms with van der Waals surface area (Å²) in [4.78, 5) is 32.6. The van der Waals surface area contributed by atoms with Gasteiger partial charge in [-0.25, -0.2) is 14.6 Å². The van der Waals surface area contributed by atoms with E-state index in [4.69, 9.17) is 10.2 Å². The van der Waals surface area contributed by atoms with Gasteiger partial charge in [-0.3, -0.25) is 4.79 Å². The second-order valence-electron chi connectivity index (χ2n) is 2.38. The zero-order chi connectivity index (χ0) is 11.8. The minimum absolute atomic E-state index is 0.0810. The molecule has 6 nitrogen and oxygen atoms in total. The molecule has 0 amide bonds. The van der Waals surface area contributed by atoms with Gasteiger partial charge < -0.3 is 10.2 Å². The molecular formula is C9H9NO5. The molecule has 15 heavy (non-hydrogen) atoms. The lowest BCUT2D eigenvalue weighted by Crippen LogP contribution is -2.05. The van der Waals surface area contributed by atoms with Crippen LogP contribution in [0.1, 0.15) is 17.4 Å². The normalized spacial score (nSPS) is 8.33. The maximum absolute atomic E-state index is 10.1. The lowest BCUT2D eigenvalue weighted by molar-refractivity contribution is -0.148. The van der Waals surface area contributed by atoms with Crippen LogP contribution in [0.2, 0.25) is 0 Å². The number of pyridine rings is 1. The van der Waals surface area contributed by atoms with Crippen LogP contribution in [-0.4, -0.2) is 32.9 Å². The number of aromatic nitrogens is 1. The van der Waals surface area contributed by atoms with E-state index in [1.165, 1.54) is 12.3 Å². The molecule has 0 aliphatic heterocycles. The van der Waals surface area contributed by atoms with Crippen molar-refractivity contribution in [2.24, 2.45) is 0 Å². The standard InChI is InChI=1S/C6H5NO2.C3H4O3/c8-6(9)5-3-1-2-4-7-5;1-2(4)3(5)6/h1-4H,(H,8,9);1H3,(H,5,6). The number of Topliss-reactive ketones (excluding diaryl/α,β-unsaturated/α-hetero) is 1. The molecule has 0 aliphatic rings. The predicted molar refractivity (Wildman–Crippen MR) is 49.5 cm³/mol. The van der Waals surface area contributed by atoms with E-state index in [9.17, 15) is 14.4 Å². The first kappa shape index (κ1) is 12.8. The van der Waals surface area contributed by atoms with Gasteiger partial charge >= 0.3 is 11.9 Å². The maximum atomic E-state index is 10.1. The lowest BCUT2D eigenvalue weighted by Gasteiger charge is -1.87. The Kier molecular flexibility index (Phi) is 5.32. The smallest absolute Gasteiger partial charge is 0.371 e. The van der Waals surface area contributed by atoms with Crippen molar-refractivity contribution in [2.45, 2.75) is 6.92 Å². The molecule has 0 unspecified atom stereocenters. The van der Waals surface area contributed by atoms with Gasteiger partial charge in [0.25, 0.3) is 0 Å². The van der Waals surface area contributed by atoms with Crippen molar-refractivity contribution in [1.29, 1.82) is 0 Å². The number of carbonyl (C=O) groups excluding carboxylic acids is 1. The largest absolute Gasteiger partial charge is 0.477 e. The van der Waals surface area contributed by atoms with Crippen molar-refractivity contribution < 1.29 is 24.6 Å². The quantitative estimate of drug-likeness (QED) is 0.687. The summed E-state index contributed by atoms with van der Waals surface area (Å²) in [6, 6.07) is 4.76. The number of carbonyl (C=O) groups is 3. The molecule has 0 fully saturated rings. The zero-order valence-corrected chi connectivity index (χ0v) is 7.88. The summed E-state index contributed by atoms with van der Waals surface area (Å²) in [5.74, 6) is -3.19. The highest BCUT2D eigenvalue weighted by Gasteiger charge is 1.99. The van der Waals surface area contributed by atoms with Gasteiger partial charge in [0.05, 0.1) is 0 Å². The molecule has 1 heterocycles. The summed E-state index contributed by atoms with van der Waals surface area (Å²) in [5, 5.41) is 16.0. The summed E-state index contributed by atoms with van der Waals surface area (Å²) in [5.41, 5.74) is 0.0810. The van der Waals surface area contributed by atoms with Gasteiger partial charge in [0.2, 0.25) is 5.78 Å². The van der Waals surface area contributed by atoms with Gasteiger partial charge in [-0.05, 0) is 12.1 Å². The van der Waals surface area contributed by atoms with Crippen LogP contribution < -0.4 is 0 Å². The number of aromatic carboxylic acids is 1. The van der Waals surface area contributed by atoms with Crippen molar-refractivity contribution in [3.63, 3.8) is 0 Å². The van der Waals surface area contributed by atoms with Crippen LogP contribution in [0.4, 0.5) is 0 Å². The van der Waals surface area contributed by atoms with Crippen LogP contribution in [0.3, 0.4) is 0 Å². The van der Waals surface area contributed by atoms with E-state index in [-0.39, 0.29) is 5.69 Å². The fraction of sp³-hybridized carbons (Fsp3) is 0.111. The van der Waals surface area contributed by atoms with E-state index in [0.717, 1.165) is 6.92 Å². The number of carboxylic acids is 2. The Morgan fingerprint density at radius 1 is 1.20 bits per heavy atom. The van der Waals surface area contributed by atoms with E-state index in [2.05, 4.69) is 4.98 Å². The average Bonchev–Trinajstić information content (AvgIpc) is 2.20. The molecule has 0 saturated heterocycles. The SMILES string of the molecule is CC(=O)C(=O)O.O=C(O)c1ccccn1. The Labute approximate surface area is 85.2 Å². The van der Waals surface area contributed by atoms with Crippen molar-refractivity contribution in [2.75, 3.05) is 0 Å². The van der Waals surface area contributed by atoms with Gasteiger partial charge in [-0.15, -0.1) is 0 Å². The fourth-order valence-electron chi connectivity index (χ4n) is 0.489. The highest BCUT2D eigenvalue weighted by molar-refractivity contribution is 6.31. The third kappa shape index (κ3) is 5.92. The maximum Gasteiger partial charge on any atom is 0.371 e. The van der Waals surface area contributed by atoms with Crippen LogP contribution in [0.15, 0.2) is 24.4 Å². The first-order valence-corrected chi connectivity index (χ1v) is 3.83. The molecule has 0 aliphatic carbocycles. The molecule has 0 atom stereocenters. The minimum Gasteiger partial charge on any atom is -0.477 e. The van der Waals surface area contributed by atoms with Gasteiger partial charge in [-0.2, -0.15) is 0 Å². The van der Waals surface area contributed by atoms with Gasteiger partial charge in [-0.1, -0.05) is 6.07 Å². The van der Waals surface area contributed by atoms with Gasteiger partial charge in [0, 0.05) is 13.1 Å². The second-order valence-corrected chi connectivity index (χ2v) is 2.38. The minimum atomic E-state index is -1.38. The fourth-order valence-corrected chi connectivity index (χ4v) is 0.489. The summed E-state index contributed by atoms with van der Waals surface area (Å²) < 4.78 is 0. The molecule has 1 aromatic heterocycles. The Hall–Kier alpha value is -2.24. The first-order valence-electron chi connectivity index (χ1n) is 3.83. The number of rotatable bonds is 2. The highest BCUT2D eigenvalue weighted by Crippen LogP contribution is 1.90. The Bertz CT molecular complexity index is 348. The van der Waals surface area contributed by atoms with Crippen molar-refractivity contribution in [3.8, 4) is 0 Å². The summed E-state index contributed by atoms with van der Waals surface area (Å²) in [6.45, 7) is 1.00. The Balaban J connectivity index is 0.000000288. The monoisotopic (exact) mass is 211 g/mol. The van der Waals surface area contributed by atoms with Crippen molar-refractivity contribution >= 4 is 17.7 Å². The molecule has 80 valence electrons. The third-order valence-electron chi connectivity index (χ3n) is 1.19. The van der Waals surface area contributed by atoms with Crippen LogP contribution >= 0.6 is 0 Å². The number of carboxylic acid groups (broad SMARTS) is 2. The van der Waals surface area contributed by atoms with Crippen LogP contribution in [0.25, 0.3) is 0 Å². The van der Waals surface area contributed by atoms with Crippen LogP contribution in [-0.2, 0) is 9.59 Å². The van der Waals surface area contributed by atoms with Gasteiger partial charge in [0.1, 0.15) is 5.69 Å². The third-order valence-corrected chi connectivity index (χ3v) is 1.19.